The predicted octanol–water partition coefficient (Wildman–Crippen LogP) is 2.45. The normalized spacial score (nSPS) is 10.2. The summed E-state index contributed by atoms with van der Waals surface area (Å²) in [7, 11) is 0. The van der Waals surface area contributed by atoms with Gasteiger partial charge in [0.1, 0.15) is 5.75 Å². The van der Waals surface area contributed by atoms with Crippen molar-refractivity contribution < 1.29 is 15.0 Å². The minimum atomic E-state index is -0.274. The summed E-state index contributed by atoms with van der Waals surface area (Å²) in [5, 5.41) is 21.4. The quantitative estimate of drug-likeness (QED) is 0.791. The average Bonchev–Trinajstić information content (AvgIpc) is 2.42. The van der Waals surface area contributed by atoms with Crippen molar-refractivity contribution in [2.45, 2.75) is 13.5 Å². The number of amides is 1. The standard InChI is InChI=1S/C15H15NO3/c1-10-8-11(6-7-14(10)18)15(19)16-13-5-3-2-4-12(13)9-17/h2-8,17-18H,9H2,1H3,(H,16,19). The van der Waals surface area contributed by atoms with Crippen LogP contribution in [0.15, 0.2) is 42.5 Å². The third-order valence-corrected chi connectivity index (χ3v) is 2.89. The van der Waals surface area contributed by atoms with Gasteiger partial charge in [0.05, 0.1) is 6.61 Å². The van der Waals surface area contributed by atoms with Crippen molar-refractivity contribution in [1.29, 1.82) is 0 Å². The highest BCUT2D eigenvalue weighted by molar-refractivity contribution is 6.04. The molecule has 0 aliphatic carbocycles. The molecule has 0 aliphatic heterocycles. The summed E-state index contributed by atoms with van der Waals surface area (Å²) in [5.41, 5.74) is 2.35. The molecule has 0 spiro atoms. The van der Waals surface area contributed by atoms with Gasteiger partial charge in [0.2, 0.25) is 0 Å². The Balaban J connectivity index is 2.23. The zero-order chi connectivity index (χ0) is 13.8. The number of anilines is 1. The summed E-state index contributed by atoms with van der Waals surface area (Å²) in [6, 6.07) is 11.7. The number of aromatic hydroxyl groups is 1. The number of rotatable bonds is 3. The lowest BCUT2D eigenvalue weighted by Crippen LogP contribution is -2.13. The van der Waals surface area contributed by atoms with Crippen LogP contribution in [0, 0.1) is 6.92 Å². The summed E-state index contributed by atoms with van der Waals surface area (Å²) < 4.78 is 0. The fourth-order valence-electron chi connectivity index (χ4n) is 1.77. The molecule has 0 fully saturated rings. The number of hydrogen-bond acceptors (Lipinski definition) is 3. The van der Waals surface area contributed by atoms with E-state index >= 15 is 0 Å². The summed E-state index contributed by atoms with van der Waals surface area (Å²) in [4.78, 5) is 12.1. The van der Waals surface area contributed by atoms with Gasteiger partial charge in [-0.3, -0.25) is 4.79 Å². The lowest BCUT2D eigenvalue weighted by atomic mass is 10.1. The van der Waals surface area contributed by atoms with Gasteiger partial charge in [0, 0.05) is 16.8 Å². The molecule has 98 valence electrons. The van der Waals surface area contributed by atoms with Gasteiger partial charge in [0.15, 0.2) is 0 Å². The van der Waals surface area contributed by atoms with Crippen molar-refractivity contribution in [3.05, 3.63) is 59.2 Å². The molecule has 4 heteroatoms. The molecule has 0 heterocycles. The minimum absolute atomic E-state index is 0.134. The van der Waals surface area contributed by atoms with Crippen LogP contribution in [0.4, 0.5) is 5.69 Å². The Hall–Kier alpha value is -2.33. The highest BCUT2D eigenvalue weighted by atomic mass is 16.3. The van der Waals surface area contributed by atoms with Crippen LogP contribution in [-0.4, -0.2) is 16.1 Å². The highest BCUT2D eigenvalue weighted by Crippen LogP contribution is 2.19. The van der Waals surface area contributed by atoms with Crippen LogP contribution < -0.4 is 5.32 Å². The molecule has 0 aliphatic rings. The molecular formula is C15H15NO3. The maximum absolute atomic E-state index is 12.1. The minimum Gasteiger partial charge on any atom is -0.508 e. The summed E-state index contributed by atoms with van der Waals surface area (Å²) in [5.74, 6) is -0.115. The second-order valence-corrected chi connectivity index (χ2v) is 4.27. The Bertz CT molecular complexity index is 608. The van der Waals surface area contributed by atoms with Gasteiger partial charge >= 0.3 is 0 Å². The van der Waals surface area contributed by atoms with Gasteiger partial charge in [-0.05, 0) is 36.8 Å². The van der Waals surface area contributed by atoms with Crippen LogP contribution in [-0.2, 0) is 6.61 Å². The largest absolute Gasteiger partial charge is 0.508 e. The lowest BCUT2D eigenvalue weighted by molar-refractivity contribution is 0.102. The number of phenols is 1. The number of nitrogens with one attached hydrogen (secondary N) is 1. The van der Waals surface area contributed by atoms with Crippen LogP contribution in [0.2, 0.25) is 0 Å². The van der Waals surface area contributed by atoms with Gasteiger partial charge in [-0.1, -0.05) is 18.2 Å². The number of carbonyl (C=O) groups is 1. The van der Waals surface area contributed by atoms with Crippen molar-refractivity contribution in [2.24, 2.45) is 0 Å². The molecule has 0 atom stereocenters. The number of phenolic OH excluding ortho intramolecular Hbond substituents is 1. The molecule has 0 unspecified atom stereocenters. The van der Waals surface area contributed by atoms with E-state index in [1.54, 1.807) is 43.3 Å². The van der Waals surface area contributed by atoms with Crippen molar-refractivity contribution >= 4 is 11.6 Å². The molecule has 0 saturated heterocycles. The van der Waals surface area contributed by atoms with E-state index in [1.807, 2.05) is 0 Å². The van der Waals surface area contributed by atoms with Gasteiger partial charge in [-0.2, -0.15) is 0 Å². The highest BCUT2D eigenvalue weighted by Gasteiger charge is 2.09. The maximum atomic E-state index is 12.1. The first kappa shape index (κ1) is 13.1. The summed E-state index contributed by atoms with van der Waals surface area (Å²) in [6.07, 6.45) is 0. The smallest absolute Gasteiger partial charge is 0.255 e. The molecule has 0 saturated carbocycles. The number of aryl methyl sites for hydroxylation is 1. The number of carbonyl (C=O) groups excluding carboxylic acids is 1. The number of aliphatic hydroxyl groups excluding tert-OH is 1. The van der Waals surface area contributed by atoms with Gasteiger partial charge in [-0.25, -0.2) is 0 Å². The number of para-hydroxylation sites is 1. The fourth-order valence-corrected chi connectivity index (χ4v) is 1.77. The van der Waals surface area contributed by atoms with E-state index in [9.17, 15) is 15.0 Å². The predicted molar refractivity (Wildman–Crippen MR) is 73.2 cm³/mol. The van der Waals surface area contributed by atoms with Gasteiger partial charge < -0.3 is 15.5 Å². The van der Waals surface area contributed by atoms with E-state index in [2.05, 4.69) is 5.32 Å². The molecule has 0 radical (unpaired) electrons. The molecule has 2 aromatic carbocycles. The SMILES string of the molecule is Cc1cc(C(=O)Nc2ccccc2CO)ccc1O. The van der Waals surface area contributed by atoms with Crippen LogP contribution in [0.1, 0.15) is 21.5 Å². The molecule has 2 aromatic rings. The van der Waals surface area contributed by atoms with E-state index in [-0.39, 0.29) is 18.3 Å². The Kier molecular flexibility index (Phi) is 3.82. The second-order valence-electron chi connectivity index (χ2n) is 4.27. The first-order chi connectivity index (χ1) is 9.11. The molecule has 0 bridgehead atoms. The first-order valence-corrected chi connectivity index (χ1v) is 5.91. The number of benzene rings is 2. The number of aliphatic hydroxyl groups is 1. The molecular weight excluding hydrogens is 242 g/mol. The number of hydrogen-bond donors (Lipinski definition) is 3. The zero-order valence-corrected chi connectivity index (χ0v) is 10.6. The van der Waals surface area contributed by atoms with Crippen LogP contribution >= 0.6 is 0 Å². The van der Waals surface area contributed by atoms with E-state index in [0.717, 1.165) is 0 Å². The van der Waals surface area contributed by atoms with Crippen LogP contribution in [0.5, 0.6) is 5.75 Å². The van der Waals surface area contributed by atoms with Crippen molar-refractivity contribution in [1.82, 2.24) is 0 Å². The Morgan fingerprint density at radius 2 is 1.95 bits per heavy atom. The molecule has 1 amide bonds. The van der Waals surface area contributed by atoms with Crippen molar-refractivity contribution in [3.63, 3.8) is 0 Å². The monoisotopic (exact) mass is 257 g/mol. The molecule has 19 heavy (non-hydrogen) atoms. The van der Waals surface area contributed by atoms with E-state index < -0.39 is 0 Å². The summed E-state index contributed by atoms with van der Waals surface area (Å²) in [6.45, 7) is 1.60. The van der Waals surface area contributed by atoms with Gasteiger partial charge in [-0.15, -0.1) is 0 Å². The summed E-state index contributed by atoms with van der Waals surface area (Å²) >= 11 is 0. The van der Waals surface area contributed by atoms with Gasteiger partial charge in [0.25, 0.3) is 5.91 Å². The second kappa shape index (κ2) is 5.54. The molecule has 2 rings (SSSR count). The third kappa shape index (κ3) is 2.92. The van der Waals surface area contributed by atoms with Crippen molar-refractivity contribution in [2.75, 3.05) is 5.32 Å². The first-order valence-electron chi connectivity index (χ1n) is 5.91. The maximum Gasteiger partial charge on any atom is 0.255 e. The van der Waals surface area contributed by atoms with Crippen molar-refractivity contribution in [3.8, 4) is 5.75 Å². The molecule has 3 N–H and O–H groups in total. The Morgan fingerprint density at radius 3 is 2.63 bits per heavy atom. The average molecular weight is 257 g/mol. The van der Waals surface area contributed by atoms with Crippen LogP contribution in [0.3, 0.4) is 0 Å². The molecule has 4 nitrogen and oxygen atoms in total. The topological polar surface area (TPSA) is 69.6 Å². The molecule has 0 aromatic heterocycles. The van der Waals surface area contributed by atoms with E-state index in [4.69, 9.17) is 0 Å². The Morgan fingerprint density at radius 1 is 1.21 bits per heavy atom. The van der Waals surface area contributed by atoms with E-state index in [1.165, 1.54) is 6.07 Å². The van der Waals surface area contributed by atoms with Crippen LogP contribution in [0.25, 0.3) is 0 Å². The lowest BCUT2D eigenvalue weighted by Gasteiger charge is -2.10. The Labute approximate surface area is 111 Å². The fraction of sp³-hybridized carbons (Fsp3) is 0.133. The third-order valence-electron chi connectivity index (χ3n) is 2.89. The zero-order valence-electron chi connectivity index (χ0n) is 10.6. The van der Waals surface area contributed by atoms with E-state index in [0.29, 0.717) is 22.4 Å².